The second kappa shape index (κ2) is 7.31. The minimum atomic E-state index is -0.637. The van der Waals surface area contributed by atoms with Gasteiger partial charge in [-0.25, -0.2) is 4.39 Å². The Morgan fingerprint density at radius 2 is 2.22 bits per heavy atom. The second-order valence-electron chi connectivity index (χ2n) is 4.27. The van der Waals surface area contributed by atoms with Gasteiger partial charge in [-0.15, -0.1) is 0 Å². The van der Waals surface area contributed by atoms with Crippen LogP contribution in [0.4, 0.5) is 10.1 Å². The van der Waals surface area contributed by atoms with E-state index in [1.54, 1.807) is 18.0 Å². The lowest BCUT2D eigenvalue weighted by Gasteiger charge is -2.25. The van der Waals surface area contributed by atoms with Gasteiger partial charge in [-0.3, -0.25) is 0 Å². The van der Waals surface area contributed by atoms with Crippen molar-refractivity contribution in [2.75, 3.05) is 39.3 Å². The normalized spacial score (nSPS) is 12.5. The van der Waals surface area contributed by atoms with Crippen LogP contribution in [0.25, 0.3) is 0 Å². The van der Waals surface area contributed by atoms with Crippen LogP contribution in [0.2, 0.25) is 0 Å². The van der Waals surface area contributed by atoms with E-state index in [9.17, 15) is 9.50 Å². The van der Waals surface area contributed by atoms with E-state index in [4.69, 9.17) is 4.74 Å². The molecule has 102 valence electrons. The number of anilines is 1. The molecule has 1 aromatic carbocycles. The van der Waals surface area contributed by atoms with Crippen LogP contribution in [0.5, 0.6) is 0 Å². The Morgan fingerprint density at radius 3 is 2.83 bits per heavy atom. The summed E-state index contributed by atoms with van der Waals surface area (Å²) in [6, 6.07) is 4.98. The molecule has 0 aliphatic carbocycles. The van der Waals surface area contributed by atoms with Crippen molar-refractivity contribution >= 4 is 5.69 Å². The number of methoxy groups -OCH3 is 1. The van der Waals surface area contributed by atoms with Gasteiger partial charge in [0.15, 0.2) is 0 Å². The third-order valence-electron chi connectivity index (χ3n) is 2.66. The maximum atomic E-state index is 13.9. The Kier molecular flexibility index (Phi) is 6.04. The smallest absolute Gasteiger partial charge is 0.146 e. The van der Waals surface area contributed by atoms with Gasteiger partial charge in [0.1, 0.15) is 5.82 Å². The third kappa shape index (κ3) is 3.94. The van der Waals surface area contributed by atoms with E-state index in [2.05, 4.69) is 5.32 Å². The molecule has 0 aromatic heterocycles. The molecule has 0 saturated carbocycles. The lowest BCUT2D eigenvalue weighted by molar-refractivity contribution is 0.0694. The lowest BCUT2D eigenvalue weighted by atomic mass is 10.1. The summed E-state index contributed by atoms with van der Waals surface area (Å²) < 4.78 is 18.7. The first-order valence-electron chi connectivity index (χ1n) is 5.90. The van der Waals surface area contributed by atoms with E-state index in [-0.39, 0.29) is 12.4 Å². The number of hydrogen-bond acceptors (Lipinski definition) is 4. The van der Waals surface area contributed by atoms with Crippen molar-refractivity contribution in [3.05, 3.63) is 29.6 Å². The number of ether oxygens (including phenoxy) is 1. The molecule has 0 fully saturated rings. The molecule has 0 amide bonds. The summed E-state index contributed by atoms with van der Waals surface area (Å²) in [4.78, 5) is 1.71. The summed E-state index contributed by atoms with van der Waals surface area (Å²) in [5, 5.41) is 12.7. The molecule has 0 aliphatic heterocycles. The number of nitrogens with zero attached hydrogens (tertiary/aromatic N) is 1. The van der Waals surface area contributed by atoms with Crippen LogP contribution in [0, 0.1) is 5.82 Å². The van der Waals surface area contributed by atoms with Crippen molar-refractivity contribution in [3.63, 3.8) is 0 Å². The van der Waals surface area contributed by atoms with Gasteiger partial charge in [0.05, 0.1) is 18.4 Å². The van der Waals surface area contributed by atoms with Gasteiger partial charge >= 0.3 is 0 Å². The average molecular weight is 256 g/mol. The van der Waals surface area contributed by atoms with E-state index >= 15 is 0 Å². The molecule has 18 heavy (non-hydrogen) atoms. The summed E-state index contributed by atoms with van der Waals surface area (Å²) in [5.74, 6) is -0.283. The second-order valence-corrected chi connectivity index (χ2v) is 4.27. The summed E-state index contributed by atoms with van der Waals surface area (Å²) >= 11 is 0. The fourth-order valence-electron chi connectivity index (χ4n) is 1.97. The molecular formula is C13H21FN2O2. The number of benzene rings is 1. The highest BCUT2D eigenvalue weighted by molar-refractivity contribution is 5.54. The SMILES string of the molecule is CNCc1cccc(F)c1N(C)CC(O)COC. The van der Waals surface area contributed by atoms with Gasteiger partial charge in [-0.05, 0) is 18.7 Å². The van der Waals surface area contributed by atoms with Crippen LogP contribution in [0.15, 0.2) is 18.2 Å². The summed E-state index contributed by atoms with van der Waals surface area (Å²) in [5.41, 5.74) is 1.38. The van der Waals surface area contributed by atoms with Crippen LogP contribution in [-0.4, -0.2) is 45.6 Å². The van der Waals surface area contributed by atoms with Crippen LogP contribution < -0.4 is 10.2 Å². The van der Waals surface area contributed by atoms with Crippen LogP contribution in [0.1, 0.15) is 5.56 Å². The van der Waals surface area contributed by atoms with Crippen molar-refractivity contribution in [2.45, 2.75) is 12.6 Å². The monoisotopic (exact) mass is 256 g/mol. The van der Waals surface area contributed by atoms with E-state index in [0.29, 0.717) is 18.8 Å². The van der Waals surface area contributed by atoms with E-state index in [1.165, 1.54) is 13.2 Å². The maximum absolute atomic E-state index is 13.9. The molecule has 2 N–H and O–H groups in total. The Balaban J connectivity index is 2.86. The lowest BCUT2D eigenvalue weighted by Crippen LogP contribution is -2.33. The zero-order chi connectivity index (χ0) is 13.5. The average Bonchev–Trinajstić information content (AvgIpc) is 2.29. The number of halogens is 1. The molecule has 4 nitrogen and oxygen atoms in total. The predicted molar refractivity (Wildman–Crippen MR) is 70.3 cm³/mol. The Labute approximate surface area is 107 Å². The Hall–Kier alpha value is -1.17. The molecule has 0 aliphatic rings. The molecule has 1 aromatic rings. The minimum Gasteiger partial charge on any atom is -0.389 e. The van der Waals surface area contributed by atoms with Crippen LogP contribution in [-0.2, 0) is 11.3 Å². The fraction of sp³-hybridized carbons (Fsp3) is 0.538. The summed E-state index contributed by atoms with van der Waals surface area (Å²) in [6.07, 6.45) is -0.637. The van der Waals surface area contributed by atoms with Crippen LogP contribution >= 0.6 is 0 Å². The van der Waals surface area contributed by atoms with Crippen LogP contribution in [0.3, 0.4) is 0 Å². The van der Waals surface area contributed by atoms with Gasteiger partial charge in [-0.1, -0.05) is 12.1 Å². The maximum Gasteiger partial charge on any atom is 0.146 e. The highest BCUT2D eigenvalue weighted by Crippen LogP contribution is 2.23. The van der Waals surface area contributed by atoms with Crippen molar-refractivity contribution in [2.24, 2.45) is 0 Å². The molecule has 1 unspecified atom stereocenters. The topological polar surface area (TPSA) is 44.7 Å². The largest absolute Gasteiger partial charge is 0.389 e. The summed E-state index contributed by atoms with van der Waals surface area (Å²) in [7, 11) is 5.10. The number of nitrogens with one attached hydrogen (secondary N) is 1. The predicted octanol–water partition coefficient (Wildman–Crippen LogP) is 0.989. The van der Waals surface area contributed by atoms with Gasteiger partial charge in [-0.2, -0.15) is 0 Å². The van der Waals surface area contributed by atoms with Crippen molar-refractivity contribution in [1.82, 2.24) is 5.32 Å². The zero-order valence-corrected chi connectivity index (χ0v) is 11.1. The zero-order valence-electron chi connectivity index (χ0n) is 11.1. The Bertz CT molecular complexity index is 374. The van der Waals surface area contributed by atoms with E-state index in [0.717, 1.165) is 5.56 Å². The van der Waals surface area contributed by atoms with Gasteiger partial charge in [0, 0.05) is 27.2 Å². The standard InChI is InChI=1S/C13H21FN2O2/c1-15-7-10-5-4-6-12(14)13(10)16(2)8-11(17)9-18-3/h4-6,11,15,17H,7-9H2,1-3H3. The van der Waals surface area contributed by atoms with Crippen molar-refractivity contribution < 1.29 is 14.2 Å². The van der Waals surface area contributed by atoms with Gasteiger partial charge in [0.2, 0.25) is 0 Å². The highest BCUT2D eigenvalue weighted by Gasteiger charge is 2.15. The third-order valence-corrected chi connectivity index (χ3v) is 2.66. The number of aliphatic hydroxyl groups excluding tert-OH is 1. The first-order chi connectivity index (χ1) is 8.60. The fourth-order valence-corrected chi connectivity index (χ4v) is 1.97. The van der Waals surface area contributed by atoms with Crippen molar-refractivity contribution in [3.8, 4) is 0 Å². The number of para-hydroxylation sites is 1. The summed E-state index contributed by atoms with van der Waals surface area (Å²) in [6.45, 7) is 1.14. The molecule has 1 rings (SSSR count). The van der Waals surface area contributed by atoms with E-state index < -0.39 is 6.10 Å². The highest BCUT2D eigenvalue weighted by atomic mass is 19.1. The molecule has 0 spiro atoms. The number of hydrogen-bond donors (Lipinski definition) is 2. The Morgan fingerprint density at radius 1 is 1.50 bits per heavy atom. The van der Waals surface area contributed by atoms with Gasteiger partial charge < -0.3 is 20.1 Å². The molecule has 5 heteroatoms. The molecule has 1 atom stereocenters. The van der Waals surface area contributed by atoms with Crippen molar-refractivity contribution in [1.29, 1.82) is 0 Å². The molecular weight excluding hydrogens is 235 g/mol. The first-order valence-corrected chi connectivity index (χ1v) is 5.90. The molecule has 0 saturated heterocycles. The minimum absolute atomic E-state index is 0.236. The number of likely N-dealkylation sites (N-methyl/N-ethyl adjacent to an activating group) is 1. The molecule has 0 bridgehead atoms. The molecule has 0 radical (unpaired) electrons. The number of aliphatic hydroxyl groups is 1. The quantitative estimate of drug-likeness (QED) is 0.763. The number of rotatable bonds is 7. The van der Waals surface area contributed by atoms with E-state index in [1.807, 2.05) is 13.1 Å². The molecule has 0 heterocycles. The van der Waals surface area contributed by atoms with Gasteiger partial charge in [0.25, 0.3) is 0 Å². The first kappa shape index (κ1) is 14.9.